The Labute approximate surface area is 131 Å². The Hall–Kier alpha value is -2.14. The zero-order valence-electron chi connectivity index (χ0n) is 12.4. The molecule has 0 spiro atoms. The molecule has 114 valence electrons. The average molecular weight is 317 g/mol. The summed E-state index contributed by atoms with van der Waals surface area (Å²) in [6, 6.07) is 6.70. The molecule has 2 aromatic heterocycles. The molecule has 5 heteroatoms. The molecule has 1 aromatic carbocycles. The maximum Gasteiger partial charge on any atom is 0.287 e. The maximum atomic E-state index is 13.7. The van der Waals surface area contributed by atoms with Gasteiger partial charge in [0.15, 0.2) is 17.2 Å². The lowest BCUT2D eigenvalue weighted by molar-refractivity contribution is 0.0913. The van der Waals surface area contributed by atoms with Gasteiger partial charge < -0.3 is 9.73 Å². The van der Waals surface area contributed by atoms with E-state index in [2.05, 4.69) is 10.7 Å². The van der Waals surface area contributed by atoms with Crippen molar-refractivity contribution < 1.29 is 13.6 Å². The summed E-state index contributed by atoms with van der Waals surface area (Å²) in [5, 5.41) is 7.61. The van der Waals surface area contributed by atoms with Crippen LogP contribution < -0.4 is 5.32 Å². The fourth-order valence-electron chi connectivity index (χ4n) is 2.53. The Morgan fingerprint density at radius 1 is 1.41 bits per heavy atom. The first-order valence-corrected chi connectivity index (χ1v) is 8.00. The minimum absolute atomic E-state index is 0.0282. The molecule has 3 rings (SSSR count). The second-order valence-electron chi connectivity index (χ2n) is 5.38. The van der Waals surface area contributed by atoms with Gasteiger partial charge in [0.2, 0.25) is 0 Å². The lowest BCUT2D eigenvalue weighted by Gasteiger charge is -2.12. The summed E-state index contributed by atoms with van der Waals surface area (Å²) < 4.78 is 19.2. The SMILES string of the molecule is Cc1c(C(=O)N[C@H](C)Cc2ccsc2)oc2c(F)cccc12. The zero-order chi connectivity index (χ0) is 15.7. The summed E-state index contributed by atoms with van der Waals surface area (Å²) >= 11 is 1.63. The standard InChI is InChI=1S/C17H16FNO2S/c1-10(8-12-6-7-22-9-12)19-17(20)15-11(2)13-4-3-5-14(18)16(13)21-15/h3-7,9-10H,8H2,1-2H3,(H,19,20)/t10-/m1/s1. The minimum Gasteiger partial charge on any atom is -0.448 e. The second-order valence-corrected chi connectivity index (χ2v) is 6.16. The number of amides is 1. The van der Waals surface area contributed by atoms with E-state index < -0.39 is 5.82 Å². The fraction of sp³-hybridized carbons (Fsp3) is 0.235. The number of aryl methyl sites for hydroxylation is 1. The van der Waals surface area contributed by atoms with Crippen LogP contribution >= 0.6 is 11.3 Å². The smallest absolute Gasteiger partial charge is 0.287 e. The Kier molecular flexibility index (Phi) is 3.98. The van der Waals surface area contributed by atoms with E-state index in [1.165, 1.54) is 11.6 Å². The number of thiophene rings is 1. The molecule has 3 nitrogen and oxygen atoms in total. The van der Waals surface area contributed by atoms with Crippen LogP contribution in [-0.4, -0.2) is 11.9 Å². The Morgan fingerprint density at radius 3 is 2.91 bits per heavy atom. The molecule has 2 heterocycles. The first-order chi connectivity index (χ1) is 10.6. The fourth-order valence-corrected chi connectivity index (χ4v) is 3.21. The number of fused-ring (bicyclic) bond motifs is 1. The number of rotatable bonds is 4. The van der Waals surface area contributed by atoms with Gasteiger partial charge in [0.05, 0.1) is 0 Å². The topological polar surface area (TPSA) is 42.2 Å². The van der Waals surface area contributed by atoms with Gasteiger partial charge in [-0.05, 0) is 48.7 Å². The van der Waals surface area contributed by atoms with E-state index in [4.69, 9.17) is 4.42 Å². The highest BCUT2D eigenvalue weighted by molar-refractivity contribution is 7.07. The van der Waals surface area contributed by atoms with Crippen LogP contribution in [0.4, 0.5) is 4.39 Å². The number of nitrogens with one attached hydrogen (secondary N) is 1. The minimum atomic E-state index is -0.453. The Balaban J connectivity index is 1.80. The molecule has 0 aliphatic rings. The third kappa shape index (κ3) is 2.76. The van der Waals surface area contributed by atoms with Gasteiger partial charge in [0.1, 0.15) is 0 Å². The molecule has 3 aromatic rings. The highest BCUT2D eigenvalue weighted by Gasteiger charge is 2.20. The van der Waals surface area contributed by atoms with Crippen molar-refractivity contribution in [1.29, 1.82) is 0 Å². The molecule has 0 radical (unpaired) electrons. The van der Waals surface area contributed by atoms with E-state index in [0.29, 0.717) is 10.9 Å². The molecule has 1 amide bonds. The molecule has 0 saturated heterocycles. The maximum absolute atomic E-state index is 13.7. The number of hydrogen-bond acceptors (Lipinski definition) is 3. The molecule has 0 bridgehead atoms. The first-order valence-electron chi connectivity index (χ1n) is 7.06. The van der Waals surface area contributed by atoms with E-state index in [0.717, 1.165) is 6.42 Å². The van der Waals surface area contributed by atoms with Crippen LogP contribution in [0.25, 0.3) is 11.0 Å². The molecule has 0 aliphatic carbocycles. The van der Waals surface area contributed by atoms with Crippen LogP contribution in [0.2, 0.25) is 0 Å². The van der Waals surface area contributed by atoms with E-state index in [1.54, 1.807) is 30.4 Å². The van der Waals surface area contributed by atoms with Gasteiger partial charge >= 0.3 is 0 Å². The molecule has 1 N–H and O–H groups in total. The second kappa shape index (κ2) is 5.93. The van der Waals surface area contributed by atoms with Crippen LogP contribution in [0.5, 0.6) is 0 Å². The van der Waals surface area contributed by atoms with Gasteiger partial charge in [-0.25, -0.2) is 4.39 Å². The van der Waals surface area contributed by atoms with E-state index in [1.807, 2.05) is 18.4 Å². The van der Waals surface area contributed by atoms with Crippen molar-refractivity contribution in [2.24, 2.45) is 0 Å². The summed E-state index contributed by atoms with van der Waals surface area (Å²) in [4.78, 5) is 12.4. The predicted octanol–water partition coefficient (Wildman–Crippen LogP) is 4.30. The van der Waals surface area contributed by atoms with Crippen LogP contribution in [0.3, 0.4) is 0 Å². The third-order valence-corrected chi connectivity index (χ3v) is 4.35. The quantitative estimate of drug-likeness (QED) is 0.779. The number of hydrogen-bond donors (Lipinski definition) is 1. The summed E-state index contributed by atoms with van der Waals surface area (Å²) in [7, 11) is 0. The number of benzene rings is 1. The summed E-state index contributed by atoms with van der Waals surface area (Å²) in [6.07, 6.45) is 0.753. The average Bonchev–Trinajstić information content (AvgIpc) is 3.08. The number of carbonyl (C=O) groups is 1. The summed E-state index contributed by atoms with van der Waals surface area (Å²) in [5.74, 6) is -0.584. The van der Waals surface area contributed by atoms with Crippen LogP contribution in [-0.2, 0) is 6.42 Å². The van der Waals surface area contributed by atoms with Gasteiger partial charge in [-0.1, -0.05) is 12.1 Å². The molecule has 1 atom stereocenters. The molecular weight excluding hydrogens is 301 g/mol. The molecule has 22 heavy (non-hydrogen) atoms. The number of carbonyl (C=O) groups excluding carboxylic acids is 1. The van der Waals surface area contributed by atoms with Gasteiger partial charge in [0.25, 0.3) is 5.91 Å². The van der Waals surface area contributed by atoms with Crippen LogP contribution in [0.1, 0.15) is 28.6 Å². The lowest BCUT2D eigenvalue weighted by Crippen LogP contribution is -2.34. The van der Waals surface area contributed by atoms with Gasteiger partial charge in [-0.3, -0.25) is 4.79 Å². The van der Waals surface area contributed by atoms with Gasteiger partial charge in [0, 0.05) is 17.0 Å². The first kappa shape index (κ1) is 14.8. The lowest BCUT2D eigenvalue weighted by atomic mass is 10.1. The Bertz CT molecular complexity index is 808. The van der Waals surface area contributed by atoms with E-state index in [9.17, 15) is 9.18 Å². The Morgan fingerprint density at radius 2 is 2.23 bits per heavy atom. The van der Waals surface area contributed by atoms with Crippen molar-refractivity contribution in [3.63, 3.8) is 0 Å². The molecule has 0 aliphatic heterocycles. The largest absolute Gasteiger partial charge is 0.448 e. The van der Waals surface area contributed by atoms with Crippen molar-refractivity contribution in [2.75, 3.05) is 0 Å². The van der Waals surface area contributed by atoms with Crippen LogP contribution in [0.15, 0.2) is 39.4 Å². The van der Waals surface area contributed by atoms with E-state index >= 15 is 0 Å². The van der Waals surface area contributed by atoms with Crippen molar-refractivity contribution in [2.45, 2.75) is 26.3 Å². The van der Waals surface area contributed by atoms with Crippen molar-refractivity contribution >= 4 is 28.2 Å². The normalized spacial score (nSPS) is 12.5. The van der Waals surface area contributed by atoms with Crippen molar-refractivity contribution in [3.8, 4) is 0 Å². The van der Waals surface area contributed by atoms with Gasteiger partial charge in [-0.15, -0.1) is 0 Å². The van der Waals surface area contributed by atoms with Crippen molar-refractivity contribution in [1.82, 2.24) is 5.32 Å². The van der Waals surface area contributed by atoms with Crippen molar-refractivity contribution in [3.05, 3.63) is 57.7 Å². The molecule has 0 fully saturated rings. The van der Waals surface area contributed by atoms with Gasteiger partial charge in [-0.2, -0.15) is 11.3 Å². The summed E-state index contributed by atoms with van der Waals surface area (Å²) in [6.45, 7) is 3.71. The zero-order valence-corrected chi connectivity index (χ0v) is 13.2. The number of para-hydroxylation sites is 1. The third-order valence-electron chi connectivity index (χ3n) is 3.62. The molecular formula is C17H16FNO2S. The monoisotopic (exact) mass is 317 g/mol. The van der Waals surface area contributed by atoms with Crippen LogP contribution in [0, 0.1) is 12.7 Å². The molecule has 0 unspecified atom stereocenters. The highest BCUT2D eigenvalue weighted by Crippen LogP contribution is 2.27. The summed E-state index contributed by atoms with van der Waals surface area (Å²) in [5.41, 5.74) is 1.98. The predicted molar refractivity (Wildman–Crippen MR) is 85.9 cm³/mol. The van der Waals surface area contributed by atoms with E-state index in [-0.39, 0.29) is 23.3 Å². The number of halogens is 1. The highest BCUT2D eigenvalue weighted by atomic mass is 32.1. The molecule has 0 saturated carbocycles. The number of furan rings is 1.